The van der Waals surface area contributed by atoms with Gasteiger partial charge < -0.3 is 9.64 Å². The first-order valence-electron chi connectivity index (χ1n) is 9.15. The summed E-state index contributed by atoms with van der Waals surface area (Å²) in [5, 5.41) is 0. The lowest BCUT2D eigenvalue weighted by Crippen LogP contribution is -2.46. The van der Waals surface area contributed by atoms with E-state index < -0.39 is 0 Å². The van der Waals surface area contributed by atoms with E-state index in [-0.39, 0.29) is 5.92 Å². The molecule has 0 bridgehead atoms. The molecule has 0 N–H and O–H groups in total. The fraction of sp³-hybridized carbons (Fsp3) is 0.944. The predicted octanol–water partition coefficient (Wildman–Crippen LogP) is 2.72. The molecule has 0 aromatic carbocycles. The maximum Gasteiger partial charge on any atom is 0.226 e. The Balaban J connectivity index is 1.67. The van der Waals surface area contributed by atoms with Gasteiger partial charge in [0.05, 0.1) is 12.2 Å². The third-order valence-corrected chi connectivity index (χ3v) is 5.95. The SMILES string of the molecule is CSC[C@H](C)C(=O)N1CCC(CCN2C[C@H](C)O[C@@H](C)C2)CC1. The second-order valence-corrected chi connectivity index (χ2v) is 8.34. The molecule has 0 aliphatic carbocycles. The number of carbonyl (C=O) groups excluding carboxylic acids is 1. The van der Waals surface area contributed by atoms with E-state index in [1.165, 1.54) is 25.8 Å². The summed E-state index contributed by atoms with van der Waals surface area (Å²) in [5.74, 6) is 2.24. The number of hydrogen-bond acceptors (Lipinski definition) is 4. The number of likely N-dealkylation sites (tertiary alicyclic amines) is 1. The summed E-state index contributed by atoms with van der Waals surface area (Å²) in [6.45, 7) is 11.6. The van der Waals surface area contributed by atoms with E-state index in [1.54, 1.807) is 11.8 Å². The van der Waals surface area contributed by atoms with Crippen LogP contribution in [0.3, 0.4) is 0 Å². The summed E-state index contributed by atoms with van der Waals surface area (Å²) in [5.41, 5.74) is 0. The molecule has 4 nitrogen and oxygen atoms in total. The highest BCUT2D eigenvalue weighted by atomic mass is 32.2. The Hall–Kier alpha value is -0.260. The average Bonchev–Trinajstić information content (AvgIpc) is 2.52. The normalized spacial score (nSPS) is 28.8. The van der Waals surface area contributed by atoms with Crippen molar-refractivity contribution in [2.24, 2.45) is 11.8 Å². The Labute approximate surface area is 146 Å². The summed E-state index contributed by atoms with van der Waals surface area (Å²) < 4.78 is 5.80. The van der Waals surface area contributed by atoms with E-state index in [1.807, 2.05) is 0 Å². The molecule has 2 rings (SSSR count). The second-order valence-electron chi connectivity index (χ2n) is 7.43. The molecule has 134 valence electrons. The van der Waals surface area contributed by atoms with Gasteiger partial charge in [-0.05, 0) is 51.8 Å². The minimum absolute atomic E-state index is 0.165. The molecule has 0 unspecified atom stereocenters. The zero-order valence-corrected chi connectivity index (χ0v) is 16.1. The molecule has 2 saturated heterocycles. The summed E-state index contributed by atoms with van der Waals surface area (Å²) in [7, 11) is 0. The van der Waals surface area contributed by atoms with Crippen molar-refractivity contribution in [3.05, 3.63) is 0 Å². The number of thioether (sulfide) groups is 1. The van der Waals surface area contributed by atoms with Crippen LogP contribution in [0.1, 0.15) is 40.0 Å². The highest BCUT2D eigenvalue weighted by Gasteiger charge is 2.27. The fourth-order valence-corrected chi connectivity index (χ4v) is 4.55. The Bertz CT molecular complexity index is 362. The van der Waals surface area contributed by atoms with Crippen molar-refractivity contribution < 1.29 is 9.53 Å². The molecular weight excluding hydrogens is 308 g/mol. The monoisotopic (exact) mass is 342 g/mol. The van der Waals surface area contributed by atoms with Crippen LogP contribution in [0.25, 0.3) is 0 Å². The number of rotatable bonds is 6. The molecule has 5 heteroatoms. The van der Waals surface area contributed by atoms with Crippen molar-refractivity contribution in [3.63, 3.8) is 0 Å². The number of carbonyl (C=O) groups is 1. The van der Waals surface area contributed by atoms with Gasteiger partial charge in [0.25, 0.3) is 0 Å². The van der Waals surface area contributed by atoms with Crippen LogP contribution >= 0.6 is 11.8 Å². The number of hydrogen-bond donors (Lipinski definition) is 0. The van der Waals surface area contributed by atoms with E-state index in [2.05, 4.69) is 36.8 Å². The first-order valence-corrected chi connectivity index (χ1v) is 10.5. The Morgan fingerprint density at radius 2 is 1.83 bits per heavy atom. The Morgan fingerprint density at radius 3 is 2.39 bits per heavy atom. The molecule has 0 aromatic rings. The second kappa shape index (κ2) is 9.28. The van der Waals surface area contributed by atoms with E-state index in [4.69, 9.17) is 4.74 Å². The molecule has 0 spiro atoms. The van der Waals surface area contributed by atoms with Crippen molar-refractivity contribution in [3.8, 4) is 0 Å². The molecule has 23 heavy (non-hydrogen) atoms. The largest absolute Gasteiger partial charge is 0.373 e. The van der Waals surface area contributed by atoms with Crippen LogP contribution in [0.15, 0.2) is 0 Å². The van der Waals surface area contributed by atoms with E-state index >= 15 is 0 Å². The van der Waals surface area contributed by atoms with Gasteiger partial charge in [-0.25, -0.2) is 0 Å². The van der Waals surface area contributed by atoms with Crippen LogP contribution in [0.5, 0.6) is 0 Å². The fourth-order valence-electron chi connectivity index (χ4n) is 3.91. The van der Waals surface area contributed by atoms with Gasteiger partial charge in [-0.2, -0.15) is 11.8 Å². The van der Waals surface area contributed by atoms with Crippen LogP contribution < -0.4 is 0 Å². The molecule has 3 atom stereocenters. The van der Waals surface area contributed by atoms with Crippen molar-refractivity contribution in [2.75, 3.05) is 44.7 Å². The number of amides is 1. The van der Waals surface area contributed by atoms with Gasteiger partial charge in [0.1, 0.15) is 0 Å². The molecule has 2 aliphatic rings. The van der Waals surface area contributed by atoms with Crippen LogP contribution in [0, 0.1) is 11.8 Å². The van der Waals surface area contributed by atoms with E-state index in [9.17, 15) is 4.79 Å². The van der Waals surface area contributed by atoms with Crippen molar-refractivity contribution in [1.82, 2.24) is 9.80 Å². The number of nitrogens with zero attached hydrogens (tertiary/aromatic N) is 2. The molecule has 2 fully saturated rings. The number of ether oxygens (including phenoxy) is 1. The average molecular weight is 343 g/mol. The zero-order chi connectivity index (χ0) is 16.8. The van der Waals surface area contributed by atoms with Gasteiger partial charge in [-0.1, -0.05) is 6.92 Å². The Kier molecular flexibility index (Phi) is 7.70. The lowest BCUT2D eigenvalue weighted by Gasteiger charge is -2.37. The van der Waals surface area contributed by atoms with Crippen LogP contribution in [-0.4, -0.2) is 72.6 Å². The highest BCUT2D eigenvalue weighted by Crippen LogP contribution is 2.23. The van der Waals surface area contributed by atoms with Gasteiger partial charge in [0, 0.05) is 37.8 Å². The maximum atomic E-state index is 12.4. The smallest absolute Gasteiger partial charge is 0.226 e. The molecule has 1 amide bonds. The molecule has 2 heterocycles. The summed E-state index contributed by atoms with van der Waals surface area (Å²) >= 11 is 1.76. The van der Waals surface area contributed by atoms with Crippen LogP contribution in [0.2, 0.25) is 0 Å². The Morgan fingerprint density at radius 1 is 1.22 bits per heavy atom. The molecule has 2 aliphatic heterocycles. The summed E-state index contributed by atoms with van der Waals surface area (Å²) in [6, 6.07) is 0. The first kappa shape index (κ1) is 19.1. The van der Waals surface area contributed by atoms with Crippen molar-refractivity contribution in [1.29, 1.82) is 0 Å². The third kappa shape index (κ3) is 5.95. The standard InChI is InChI=1S/C18H34N2O2S/c1-14(13-23-4)18(21)20-9-6-17(7-10-20)5-8-19-11-15(2)22-16(3)12-19/h14-17H,5-13H2,1-4H3/t14-,15-,16-/m0/s1. The van der Waals surface area contributed by atoms with Crippen molar-refractivity contribution in [2.45, 2.75) is 52.2 Å². The summed E-state index contributed by atoms with van der Waals surface area (Å²) in [6.07, 6.45) is 6.40. The van der Waals surface area contributed by atoms with Gasteiger partial charge in [-0.15, -0.1) is 0 Å². The minimum atomic E-state index is 0.165. The predicted molar refractivity (Wildman–Crippen MR) is 97.9 cm³/mol. The molecular formula is C18H34N2O2S. The number of piperidine rings is 1. The van der Waals surface area contributed by atoms with Gasteiger partial charge in [0.2, 0.25) is 5.91 Å². The van der Waals surface area contributed by atoms with Gasteiger partial charge >= 0.3 is 0 Å². The van der Waals surface area contributed by atoms with Crippen LogP contribution in [-0.2, 0) is 9.53 Å². The van der Waals surface area contributed by atoms with Crippen molar-refractivity contribution >= 4 is 17.7 Å². The van der Waals surface area contributed by atoms with E-state index in [0.29, 0.717) is 18.1 Å². The molecule has 0 saturated carbocycles. The van der Waals surface area contributed by atoms with E-state index in [0.717, 1.165) is 37.8 Å². The lowest BCUT2D eigenvalue weighted by molar-refractivity contribution is -0.135. The zero-order valence-electron chi connectivity index (χ0n) is 15.3. The first-order chi connectivity index (χ1) is 11.0. The van der Waals surface area contributed by atoms with Gasteiger partial charge in [0.15, 0.2) is 0 Å². The lowest BCUT2D eigenvalue weighted by atomic mass is 9.92. The van der Waals surface area contributed by atoms with Gasteiger partial charge in [-0.3, -0.25) is 9.69 Å². The quantitative estimate of drug-likeness (QED) is 0.743. The molecule has 0 aromatic heterocycles. The molecule has 0 radical (unpaired) electrons. The maximum absolute atomic E-state index is 12.4. The minimum Gasteiger partial charge on any atom is -0.373 e. The topological polar surface area (TPSA) is 32.8 Å². The van der Waals surface area contributed by atoms with Crippen LogP contribution in [0.4, 0.5) is 0 Å². The third-order valence-electron chi connectivity index (χ3n) is 5.11. The summed E-state index contributed by atoms with van der Waals surface area (Å²) in [4.78, 5) is 17.0. The highest BCUT2D eigenvalue weighted by molar-refractivity contribution is 7.98. The number of morpholine rings is 1.